The van der Waals surface area contributed by atoms with Crippen molar-refractivity contribution in [2.45, 2.75) is 58.7 Å². The Morgan fingerprint density at radius 3 is 2.48 bits per heavy atom. The number of likely N-dealkylation sites (tertiary alicyclic amines) is 1. The van der Waals surface area contributed by atoms with Crippen molar-refractivity contribution in [1.29, 1.82) is 0 Å². The number of hydrogen-bond donors (Lipinski definition) is 3. The van der Waals surface area contributed by atoms with E-state index in [9.17, 15) is 8.42 Å². The van der Waals surface area contributed by atoms with Gasteiger partial charge in [0, 0.05) is 12.6 Å². The Morgan fingerprint density at radius 1 is 1.32 bits per heavy atom. The van der Waals surface area contributed by atoms with Crippen LogP contribution in [0.1, 0.15) is 46.5 Å². The Hall–Kier alpha value is -1.36. The Labute approximate surface area is 149 Å². The molecule has 0 aromatic rings. The molecule has 2 rings (SSSR count). The molecular weight excluding hydrogens is 346 g/mol. The molecule has 10 heteroatoms. The molecule has 0 bridgehead atoms. The van der Waals surface area contributed by atoms with E-state index in [1.807, 2.05) is 0 Å². The summed E-state index contributed by atoms with van der Waals surface area (Å²) in [6, 6.07) is 0.330. The third kappa shape index (κ3) is 4.63. The molecule has 0 aromatic heterocycles. The number of piperidine rings is 1. The molecule has 4 unspecified atom stereocenters. The maximum absolute atomic E-state index is 10.9. The van der Waals surface area contributed by atoms with E-state index < -0.39 is 16.6 Å². The second kappa shape index (κ2) is 7.90. The van der Waals surface area contributed by atoms with Crippen molar-refractivity contribution in [3.63, 3.8) is 0 Å². The van der Waals surface area contributed by atoms with E-state index in [0.717, 1.165) is 25.8 Å². The van der Waals surface area contributed by atoms with Crippen LogP contribution in [0, 0.1) is 11.8 Å². The summed E-state index contributed by atoms with van der Waals surface area (Å²) in [4.78, 5) is 6.51. The van der Waals surface area contributed by atoms with E-state index in [0.29, 0.717) is 28.8 Å². The van der Waals surface area contributed by atoms with Crippen LogP contribution in [0.3, 0.4) is 0 Å². The molecule has 2 heterocycles. The van der Waals surface area contributed by atoms with Crippen molar-refractivity contribution >= 4 is 16.4 Å². The van der Waals surface area contributed by atoms with Crippen LogP contribution in [0.2, 0.25) is 0 Å². The van der Waals surface area contributed by atoms with Gasteiger partial charge in [-0.05, 0) is 30.8 Å². The molecule has 144 valence electrons. The smallest absolute Gasteiger partial charge is 0.368 e. The van der Waals surface area contributed by atoms with Crippen molar-refractivity contribution in [2.75, 3.05) is 6.54 Å². The molecule has 0 radical (unpaired) electrons. The number of guanidine groups is 1. The fourth-order valence-electron chi connectivity index (χ4n) is 3.81. The molecule has 0 amide bonds. The fourth-order valence-corrected chi connectivity index (χ4v) is 4.18. The highest BCUT2D eigenvalue weighted by Crippen LogP contribution is 2.36. The van der Waals surface area contributed by atoms with Crippen LogP contribution in [0.5, 0.6) is 0 Å². The van der Waals surface area contributed by atoms with Gasteiger partial charge in [0.15, 0.2) is 0 Å². The summed E-state index contributed by atoms with van der Waals surface area (Å²) in [7, 11) is -4.73. The first kappa shape index (κ1) is 20.0. The van der Waals surface area contributed by atoms with Crippen molar-refractivity contribution in [3.8, 4) is 0 Å². The lowest BCUT2D eigenvalue weighted by Crippen LogP contribution is -2.54. The molecule has 25 heavy (non-hydrogen) atoms. The number of hydrogen-bond acceptors (Lipinski definition) is 8. The average Bonchev–Trinajstić information content (AvgIpc) is 2.55. The number of hydroxylamine groups is 2. The maximum Gasteiger partial charge on any atom is 0.418 e. The Kier molecular flexibility index (Phi) is 6.30. The lowest BCUT2D eigenvalue weighted by molar-refractivity contribution is -0.0151. The summed E-state index contributed by atoms with van der Waals surface area (Å²) >= 11 is 0. The zero-order valence-electron chi connectivity index (χ0n) is 15.0. The second-order valence-electron chi connectivity index (χ2n) is 6.62. The van der Waals surface area contributed by atoms with Gasteiger partial charge in [-0.15, -0.1) is 4.28 Å². The predicted octanol–water partition coefficient (Wildman–Crippen LogP) is 1.01. The highest BCUT2D eigenvalue weighted by atomic mass is 32.3. The van der Waals surface area contributed by atoms with E-state index in [-0.39, 0.29) is 5.96 Å². The minimum atomic E-state index is -4.73. The first-order valence-corrected chi connectivity index (χ1v) is 10.1. The number of rotatable bonds is 6. The van der Waals surface area contributed by atoms with Crippen molar-refractivity contribution in [1.82, 2.24) is 9.96 Å². The molecule has 1 fully saturated rings. The standard InChI is InChI=1S/C15H29N5O4S/c1-4-10-7-11(5-2)12(6-3)19(9-10)14-8-13(16)20(15(17)18-14)24-25(21,22)23/h8,10-13H,4-7,9,16H2,1-3H3,(H2,17,18)(H,21,22,23). The van der Waals surface area contributed by atoms with Crippen molar-refractivity contribution in [2.24, 2.45) is 28.3 Å². The monoisotopic (exact) mass is 375 g/mol. The second-order valence-corrected chi connectivity index (χ2v) is 7.62. The number of nitrogens with two attached hydrogens (primary N) is 2. The highest BCUT2D eigenvalue weighted by molar-refractivity contribution is 7.80. The molecule has 0 aromatic carbocycles. The Balaban J connectivity index is 2.28. The van der Waals surface area contributed by atoms with Gasteiger partial charge in [-0.25, -0.2) is 0 Å². The van der Waals surface area contributed by atoms with Gasteiger partial charge in [0.2, 0.25) is 5.96 Å². The van der Waals surface area contributed by atoms with Crippen LogP contribution >= 0.6 is 0 Å². The Morgan fingerprint density at radius 2 is 2.00 bits per heavy atom. The molecule has 9 nitrogen and oxygen atoms in total. The van der Waals surface area contributed by atoms with Crippen LogP contribution in [-0.4, -0.2) is 47.6 Å². The molecular formula is C15H29N5O4S. The minimum Gasteiger partial charge on any atom is -0.368 e. The molecule has 5 N–H and O–H groups in total. The van der Waals surface area contributed by atoms with E-state index >= 15 is 0 Å². The largest absolute Gasteiger partial charge is 0.418 e. The average molecular weight is 375 g/mol. The van der Waals surface area contributed by atoms with Gasteiger partial charge in [0.05, 0.1) is 0 Å². The maximum atomic E-state index is 10.9. The summed E-state index contributed by atoms with van der Waals surface area (Å²) < 4.78 is 35.1. The van der Waals surface area contributed by atoms with Gasteiger partial charge < -0.3 is 16.4 Å². The quantitative estimate of drug-likeness (QED) is 0.586. The van der Waals surface area contributed by atoms with Crippen LogP contribution in [0.4, 0.5) is 0 Å². The van der Waals surface area contributed by atoms with Gasteiger partial charge in [0.25, 0.3) is 0 Å². The zero-order valence-corrected chi connectivity index (χ0v) is 15.8. The third-order valence-electron chi connectivity index (χ3n) is 5.07. The summed E-state index contributed by atoms with van der Waals surface area (Å²) in [5, 5.41) is 0.679. The Bertz CT molecular complexity index is 636. The summed E-state index contributed by atoms with van der Waals surface area (Å²) in [6.07, 6.45) is 4.98. The SMILES string of the molecule is CCC1CC(CC)C(CC)N(C2=CC(N)N(OS(=O)(=O)O)C(N)=N2)C1. The third-order valence-corrected chi connectivity index (χ3v) is 5.42. The first-order chi connectivity index (χ1) is 11.7. The topological polar surface area (TPSA) is 134 Å². The molecule has 0 spiro atoms. The van der Waals surface area contributed by atoms with Crippen LogP contribution in [0.15, 0.2) is 16.9 Å². The molecule has 2 aliphatic heterocycles. The van der Waals surface area contributed by atoms with Crippen molar-refractivity contribution in [3.05, 3.63) is 11.9 Å². The van der Waals surface area contributed by atoms with Crippen LogP contribution in [-0.2, 0) is 14.7 Å². The van der Waals surface area contributed by atoms with Gasteiger partial charge in [-0.1, -0.05) is 33.6 Å². The van der Waals surface area contributed by atoms with Crippen LogP contribution < -0.4 is 11.5 Å². The van der Waals surface area contributed by atoms with Gasteiger partial charge in [-0.3, -0.25) is 4.55 Å². The normalized spacial score (nSPS) is 30.9. The first-order valence-electron chi connectivity index (χ1n) is 8.74. The molecule has 0 aliphatic carbocycles. The van der Waals surface area contributed by atoms with E-state index in [1.165, 1.54) is 6.42 Å². The molecule has 0 saturated carbocycles. The van der Waals surface area contributed by atoms with Gasteiger partial charge in [-0.2, -0.15) is 18.5 Å². The van der Waals surface area contributed by atoms with E-state index in [2.05, 4.69) is 34.9 Å². The van der Waals surface area contributed by atoms with Crippen LogP contribution in [0.25, 0.3) is 0 Å². The lowest BCUT2D eigenvalue weighted by atomic mass is 9.79. The molecule has 2 aliphatic rings. The summed E-state index contributed by atoms with van der Waals surface area (Å²) in [5.41, 5.74) is 11.8. The summed E-state index contributed by atoms with van der Waals surface area (Å²) in [6.45, 7) is 7.39. The molecule has 4 atom stereocenters. The number of aliphatic imine (C=N–C) groups is 1. The minimum absolute atomic E-state index is 0.204. The predicted molar refractivity (Wildman–Crippen MR) is 95.1 cm³/mol. The van der Waals surface area contributed by atoms with Gasteiger partial charge >= 0.3 is 10.4 Å². The highest BCUT2D eigenvalue weighted by Gasteiger charge is 2.37. The fraction of sp³-hybridized carbons (Fsp3) is 0.800. The van der Waals surface area contributed by atoms with E-state index in [1.54, 1.807) is 6.08 Å². The van der Waals surface area contributed by atoms with E-state index in [4.69, 9.17) is 16.0 Å². The number of nitrogens with zero attached hydrogens (tertiary/aromatic N) is 3. The summed E-state index contributed by atoms with van der Waals surface area (Å²) in [5.74, 6) is 1.55. The van der Waals surface area contributed by atoms with Gasteiger partial charge in [0.1, 0.15) is 12.0 Å². The van der Waals surface area contributed by atoms with Crippen molar-refractivity contribution < 1.29 is 17.3 Å². The lowest BCUT2D eigenvalue weighted by Gasteiger charge is -2.46. The zero-order chi connectivity index (χ0) is 18.8. The molecule has 1 saturated heterocycles.